The second kappa shape index (κ2) is 5.50. The lowest BCUT2D eigenvalue weighted by atomic mass is 9.93. The Bertz CT molecular complexity index is 243. The molecule has 0 radical (unpaired) electrons. The Hall–Kier alpha value is -0.0900. The molecule has 2 fully saturated rings. The number of piperidine rings is 1. The third-order valence-electron chi connectivity index (χ3n) is 3.78. The lowest BCUT2D eigenvalue weighted by molar-refractivity contribution is -0.136. The maximum absolute atomic E-state index is 12.1. The van der Waals surface area contributed by atoms with Gasteiger partial charge in [-0.25, -0.2) is 0 Å². The minimum atomic E-state index is 0.137. The molecular formula is C12H20BrNO2. The van der Waals surface area contributed by atoms with E-state index in [0.29, 0.717) is 17.3 Å². The van der Waals surface area contributed by atoms with E-state index in [-0.39, 0.29) is 5.92 Å². The second-order valence-electron chi connectivity index (χ2n) is 4.90. The van der Waals surface area contributed by atoms with Gasteiger partial charge in [-0.05, 0) is 25.2 Å². The van der Waals surface area contributed by atoms with E-state index in [4.69, 9.17) is 4.74 Å². The van der Waals surface area contributed by atoms with Crippen LogP contribution in [0.25, 0.3) is 0 Å². The van der Waals surface area contributed by atoms with Crippen LogP contribution in [0.5, 0.6) is 0 Å². The van der Waals surface area contributed by atoms with Crippen LogP contribution in [0.15, 0.2) is 0 Å². The van der Waals surface area contributed by atoms with Crippen molar-refractivity contribution in [1.82, 2.24) is 4.90 Å². The molecule has 2 atom stereocenters. The number of hydrogen-bond donors (Lipinski definition) is 0. The van der Waals surface area contributed by atoms with Crippen LogP contribution in [0.2, 0.25) is 0 Å². The number of hydrogen-bond acceptors (Lipinski definition) is 2. The molecule has 0 bridgehead atoms. The van der Waals surface area contributed by atoms with Gasteiger partial charge in [-0.2, -0.15) is 0 Å². The van der Waals surface area contributed by atoms with Gasteiger partial charge >= 0.3 is 0 Å². The first-order chi connectivity index (χ1) is 7.68. The van der Waals surface area contributed by atoms with E-state index in [9.17, 15) is 4.79 Å². The minimum absolute atomic E-state index is 0.137. The fourth-order valence-corrected chi connectivity index (χ4v) is 3.10. The minimum Gasteiger partial charge on any atom is -0.381 e. The molecule has 2 aliphatic rings. The highest BCUT2D eigenvalue weighted by Crippen LogP contribution is 2.26. The highest BCUT2D eigenvalue weighted by atomic mass is 79.9. The lowest BCUT2D eigenvalue weighted by Crippen LogP contribution is -2.43. The molecule has 2 aliphatic heterocycles. The van der Waals surface area contributed by atoms with Gasteiger partial charge in [-0.3, -0.25) is 4.79 Å². The van der Waals surface area contributed by atoms with Crippen LogP contribution in [0.4, 0.5) is 0 Å². The number of carbonyl (C=O) groups excluding carboxylic acids is 1. The molecule has 0 aromatic rings. The summed E-state index contributed by atoms with van der Waals surface area (Å²) in [5, 5.41) is 0. The third-order valence-corrected chi connectivity index (χ3v) is 4.53. The van der Waals surface area contributed by atoms with Crippen molar-refractivity contribution >= 4 is 21.8 Å². The van der Waals surface area contributed by atoms with Crippen molar-refractivity contribution < 1.29 is 9.53 Å². The monoisotopic (exact) mass is 289 g/mol. The third kappa shape index (κ3) is 2.77. The molecule has 0 aliphatic carbocycles. The van der Waals surface area contributed by atoms with E-state index in [2.05, 4.69) is 22.9 Å². The maximum atomic E-state index is 12.1. The van der Waals surface area contributed by atoms with Crippen LogP contribution < -0.4 is 0 Å². The molecule has 0 aromatic carbocycles. The number of rotatable bonds is 2. The number of carbonyl (C=O) groups is 1. The number of nitrogens with zero attached hydrogens (tertiary/aromatic N) is 1. The van der Waals surface area contributed by atoms with Gasteiger partial charge in [-0.15, -0.1) is 0 Å². The maximum Gasteiger partial charge on any atom is 0.228 e. The summed E-state index contributed by atoms with van der Waals surface area (Å²) in [5.41, 5.74) is 0. The molecule has 2 saturated heterocycles. The summed E-state index contributed by atoms with van der Waals surface area (Å²) in [6.07, 6.45) is 3.17. The molecule has 4 heteroatoms. The van der Waals surface area contributed by atoms with Gasteiger partial charge in [-0.1, -0.05) is 22.9 Å². The van der Waals surface area contributed by atoms with Crippen LogP contribution in [0.3, 0.4) is 0 Å². The zero-order chi connectivity index (χ0) is 11.5. The highest BCUT2D eigenvalue weighted by molar-refractivity contribution is 9.09. The van der Waals surface area contributed by atoms with Gasteiger partial charge in [0.1, 0.15) is 0 Å². The van der Waals surface area contributed by atoms with Crippen LogP contribution in [-0.4, -0.2) is 41.9 Å². The van der Waals surface area contributed by atoms with Crippen LogP contribution in [0, 0.1) is 11.8 Å². The standard InChI is InChI=1S/C12H20BrNO2/c1-9(13)10-2-5-14(6-3-10)12(15)11-4-7-16-8-11/h9-11H,2-8H2,1H3. The predicted octanol–water partition coefficient (Wildman–Crippen LogP) is 2.04. The Labute approximate surface area is 106 Å². The Morgan fingerprint density at radius 2 is 2.06 bits per heavy atom. The van der Waals surface area contributed by atoms with Gasteiger partial charge in [0.05, 0.1) is 12.5 Å². The van der Waals surface area contributed by atoms with Crippen molar-refractivity contribution in [3.05, 3.63) is 0 Å². The first kappa shape index (κ1) is 12.4. The topological polar surface area (TPSA) is 29.5 Å². The molecule has 0 aromatic heterocycles. The molecule has 2 unspecified atom stereocenters. The number of amides is 1. The van der Waals surface area contributed by atoms with E-state index >= 15 is 0 Å². The summed E-state index contributed by atoms with van der Waals surface area (Å²) >= 11 is 3.64. The smallest absolute Gasteiger partial charge is 0.228 e. The largest absolute Gasteiger partial charge is 0.381 e. The summed E-state index contributed by atoms with van der Waals surface area (Å²) in [6.45, 7) is 5.44. The summed E-state index contributed by atoms with van der Waals surface area (Å²) in [4.78, 5) is 14.7. The van der Waals surface area contributed by atoms with Crippen LogP contribution in [-0.2, 0) is 9.53 Å². The number of halogens is 1. The molecule has 1 amide bonds. The van der Waals surface area contributed by atoms with Gasteiger partial charge < -0.3 is 9.64 Å². The van der Waals surface area contributed by atoms with Crippen molar-refractivity contribution in [2.75, 3.05) is 26.3 Å². The lowest BCUT2D eigenvalue weighted by Gasteiger charge is -2.34. The Morgan fingerprint density at radius 3 is 2.56 bits per heavy atom. The van der Waals surface area contributed by atoms with Gasteiger partial charge in [0.2, 0.25) is 5.91 Å². The molecule has 0 spiro atoms. The zero-order valence-electron chi connectivity index (χ0n) is 9.82. The predicted molar refractivity (Wildman–Crippen MR) is 66.6 cm³/mol. The molecule has 0 N–H and O–H groups in total. The van der Waals surface area contributed by atoms with E-state index in [1.165, 1.54) is 0 Å². The summed E-state index contributed by atoms with van der Waals surface area (Å²) in [5.74, 6) is 1.18. The zero-order valence-corrected chi connectivity index (χ0v) is 11.4. The average Bonchev–Trinajstić information content (AvgIpc) is 2.81. The quantitative estimate of drug-likeness (QED) is 0.728. The van der Waals surface area contributed by atoms with Gasteiger partial charge in [0.15, 0.2) is 0 Å². The fraction of sp³-hybridized carbons (Fsp3) is 0.917. The Kier molecular flexibility index (Phi) is 4.25. The number of likely N-dealkylation sites (tertiary alicyclic amines) is 1. The van der Waals surface area contributed by atoms with Crippen LogP contribution >= 0.6 is 15.9 Å². The molecule has 16 heavy (non-hydrogen) atoms. The van der Waals surface area contributed by atoms with Crippen molar-refractivity contribution in [2.45, 2.75) is 31.0 Å². The molecule has 0 saturated carbocycles. The first-order valence-electron chi connectivity index (χ1n) is 6.19. The number of alkyl halides is 1. The Morgan fingerprint density at radius 1 is 1.38 bits per heavy atom. The summed E-state index contributed by atoms with van der Waals surface area (Å²) in [7, 11) is 0. The molecule has 2 rings (SSSR count). The first-order valence-corrected chi connectivity index (χ1v) is 7.10. The van der Waals surface area contributed by atoms with E-state index in [1.807, 2.05) is 4.90 Å². The molecule has 92 valence electrons. The highest BCUT2D eigenvalue weighted by Gasteiger charge is 2.31. The van der Waals surface area contributed by atoms with Crippen molar-refractivity contribution in [3.8, 4) is 0 Å². The van der Waals surface area contributed by atoms with Crippen molar-refractivity contribution in [3.63, 3.8) is 0 Å². The fourth-order valence-electron chi connectivity index (χ4n) is 2.57. The number of ether oxygens (including phenoxy) is 1. The summed E-state index contributed by atoms with van der Waals surface area (Å²) < 4.78 is 5.27. The van der Waals surface area contributed by atoms with Crippen molar-refractivity contribution in [1.29, 1.82) is 0 Å². The summed E-state index contributed by atoms with van der Waals surface area (Å²) in [6, 6.07) is 0. The molecule has 2 heterocycles. The Balaban J connectivity index is 1.81. The normalized spacial score (nSPS) is 29.4. The van der Waals surface area contributed by atoms with Crippen LogP contribution in [0.1, 0.15) is 26.2 Å². The van der Waals surface area contributed by atoms with Gasteiger partial charge in [0.25, 0.3) is 0 Å². The van der Waals surface area contributed by atoms with Crippen molar-refractivity contribution in [2.24, 2.45) is 11.8 Å². The average molecular weight is 290 g/mol. The van der Waals surface area contributed by atoms with E-state index in [0.717, 1.165) is 44.9 Å². The SMILES string of the molecule is CC(Br)C1CCN(C(=O)C2CCOC2)CC1. The van der Waals surface area contributed by atoms with E-state index in [1.54, 1.807) is 0 Å². The molecule has 3 nitrogen and oxygen atoms in total. The molecular weight excluding hydrogens is 270 g/mol. The van der Waals surface area contributed by atoms with E-state index < -0.39 is 0 Å². The van der Waals surface area contributed by atoms with Gasteiger partial charge in [0, 0.05) is 24.5 Å². The second-order valence-corrected chi connectivity index (χ2v) is 6.35.